The van der Waals surface area contributed by atoms with E-state index in [-0.39, 0.29) is 36.0 Å². The Kier molecular flexibility index (Phi) is 13.6. The second-order valence-electron chi connectivity index (χ2n) is 4.58. The number of aliphatic carboxylic acids is 1. The van der Waals surface area contributed by atoms with E-state index >= 15 is 0 Å². The molecule has 0 aliphatic carbocycles. The van der Waals surface area contributed by atoms with Crippen molar-refractivity contribution < 1.29 is 43.9 Å². The molecule has 4 heteroatoms. The van der Waals surface area contributed by atoms with Crippen LogP contribution < -0.4 is 34.7 Å². The third-order valence-corrected chi connectivity index (χ3v) is 2.79. The predicted octanol–water partition coefficient (Wildman–Crippen LogP) is -0.325. The molecule has 0 N–H and O–H groups in total. The Balaban J connectivity index is 0.00000441. The van der Waals surface area contributed by atoms with Gasteiger partial charge in [-0.25, -0.2) is 0 Å². The van der Waals surface area contributed by atoms with Gasteiger partial charge in [-0.1, -0.05) is 31.3 Å². The van der Waals surface area contributed by atoms with Gasteiger partial charge < -0.3 is 14.3 Å². The minimum Gasteiger partial charge on any atom is -0.550 e. The van der Waals surface area contributed by atoms with Crippen LogP contribution in [0.25, 0.3) is 0 Å². The van der Waals surface area contributed by atoms with Gasteiger partial charge in [0.25, 0.3) is 0 Å². The van der Waals surface area contributed by atoms with Gasteiger partial charge in [0.2, 0.25) is 0 Å². The molecule has 1 aromatic heterocycles. The van der Waals surface area contributed by atoms with Gasteiger partial charge in [-0.2, -0.15) is 0 Å². The summed E-state index contributed by atoms with van der Waals surface area (Å²) in [6.07, 6.45) is 11.5. The van der Waals surface area contributed by atoms with E-state index in [9.17, 15) is 9.90 Å². The molecule has 0 amide bonds. The van der Waals surface area contributed by atoms with Crippen LogP contribution in [-0.4, -0.2) is 5.97 Å². The monoisotopic (exact) mass is 306 g/mol. The maximum atomic E-state index is 10.2. The van der Waals surface area contributed by atoms with Crippen LogP contribution in [0.5, 0.6) is 0 Å². The van der Waals surface area contributed by atoms with Crippen molar-refractivity contribution in [2.45, 2.75) is 44.9 Å². The third-order valence-electron chi connectivity index (χ3n) is 2.79. The number of carboxylic acids is 1. The maximum Gasteiger partial charge on any atom is 1.00 e. The summed E-state index contributed by atoms with van der Waals surface area (Å²) < 4.78 is 5.05. The van der Waals surface area contributed by atoms with Crippen LogP contribution in [-0.2, 0) is 4.79 Å². The molecule has 0 bridgehead atoms. The van der Waals surface area contributed by atoms with Gasteiger partial charge in [0, 0.05) is 5.97 Å². The standard InChI is InChI=1S/C18H20O3.Na/c19-18(20)15-11-9-7-5-3-1-2-4-6-8-10-13-17-14-12-16-21-17;/h2,4,12,14,16H,1,3,5,7,9,11,15H2,(H,19,20);/q;+1/p-1/b4-2-;. The summed E-state index contributed by atoms with van der Waals surface area (Å²) in [5.41, 5.74) is 0. The number of carbonyl (C=O) groups is 1. The molecule has 0 saturated carbocycles. The summed E-state index contributed by atoms with van der Waals surface area (Å²) in [6.45, 7) is 0. The molecule has 3 nitrogen and oxygen atoms in total. The van der Waals surface area contributed by atoms with Crippen molar-refractivity contribution in [1.29, 1.82) is 0 Å². The molecule has 1 aromatic rings. The predicted molar refractivity (Wildman–Crippen MR) is 79.8 cm³/mol. The van der Waals surface area contributed by atoms with E-state index in [1.165, 1.54) is 0 Å². The minimum atomic E-state index is -0.952. The van der Waals surface area contributed by atoms with E-state index in [4.69, 9.17) is 4.42 Å². The quantitative estimate of drug-likeness (QED) is 0.376. The third kappa shape index (κ3) is 12.4. The Morgan fingerprint density at radius 1 is 1.18 bits per heavy atom. The van der Waals surface area contributed by atoms with Gasteiger partial charge in [-0.05, 0) is 61.7 Å². The molecule has 0 aliphatic rings. The average molecular weight is 306 g/mol. The van der Waals surface area contributed by atoms with Crippen LogP contribution in [0.1, 0.15) is 50.7 Å². The SMILES string of the molecule is O=C([O-])CCCCCCC/C=C\C#CC#Cc1ccco1.[Na+]. The first-order valence-corrected chi connectivity index (χ1v) is 7.19. The fourth-order valence-electron chi connectivity index (χ4n) is 1.72. The molecule has 22 heavy (non-hydrogen) atoms. The van der Waals surface area contributed by atoms with Crippen LogP contribution >= 0.6 is 0 Å². The number of carboxylic acid groups (broad SMARTS) is 1. The summed E-state index contributed by atoms with van der Waals surface area (Å²) in [5, 5.41) is 10.2. The molecule has 1 heterocycles. The van der Waals surface area contributed by atoms with Crippen molar-refractivity contribution in [1.82, 2.24) is 0 Å². The zero-order chi connectivity index (χ0) is 15.2. The maximum absolute atomic E-state index is 10.2. The van der Waals surface area contributed by atoms with E-state index in [0.29, 0.717) is 5.76 Å². The number of furan rings is 1. The van der Waals surface area contributed by atoms with E-state index in [0.717, 1.165) is 38.5 Å². The fourth-order valence-corrected chi connectivity index (χ4v) is 1.72. The topological polar surface area (TPSA) is 53.3 Å². The molecule has 0 fully saturated rings. The molecule has 0 saturated heterocycles. The molecule has 110 valence electrons. The van der Waals surface area contributed by atoms with Gasteiger partial charge in [-0.15, -0.1) is 0 Å². The summed E-state index contributed by atoms with van der Waals surface area (Å²) in [7, 11) is 0. The Labute approximate surface area is 154 Å². The minimum absolute atomic E-state index is 0. The van der Waals surface area contributed by atoms with Gasteiger partial charge in [0.15, 0.2) is 5.76 Å². The second-order valence-corrected chi connectivity index (χ2v) is 4.58. The summed E-state index contributed by atoms with van der Waals surface area (Å²) >= 11 is 0. The van der Waals surface area contributed by atoms with Crippen molar-refractivity contribution in [3.63, 3.8) is 0 Å². The van der Waals surface area contributed by atoms with Crippen LogP contribution in [0.4, 0.5) is 0 Å². The molecule has 0 aromatic carbocycles. The Hall–Kier alpha value is -1.39. The number of allylic oxidation sites excluding steroid dienone is 2. The first-order valence-electron chi connectivity index (χ1n) is 7.19. The summed E-state index contributed by atoms with van der Waals surface area (Å²) in [6, 6.07) is 3.58. The number of unbranched alkanes of at least 4 members (excludes halogenated alkanes) is 5. The first kappa shape index (κ1) is 20.6. The average Bonchev–Trinajstić information content (AvgIpc) is 2.97. The van der Waals surface area contributed by atoms with Crippen molar-refractivity contribution >= 4 is 5.97 Å². The molecule has 0 unspecified atom stereocenters. The van der Waals surface area contributed by atoms with E-state index in [1.54, 1.807) is 18.4 Å². The fraction of sp³-hybridized carbons (Fsp3) is 0.389. The molecular weight excluding hydrogens is 287 g/mol. The Morgan fingerprint density at radius 3 is 2.68 bits per heavy atom. The zero-order valence-electron chi connectivity index (χ0n) is 13.1. The molecule has 0 spiro atoms. The van der Waals surface area contributed by atoms with Gasteiger partial charge >= 0.3 is 29.6 Å². The number of rotatable bonds is 8. The Morgan fingerprint density at radius 2 is 1.95 bits per heavy atom. The zero-order valence-corrected chi connectivity index (χ0v) is 15.1. The Bertz CT molecular complexity index is 551. The van der Waals surface area contributed by atoms with E-state index in [1.807, 2.05) is 12.2 Å². The van der Waals surface area contributed by atoms with Crippen LogP contribution in [0, 0.1) is 23.7 Å². The van der Waals surface area contributed by atoms with Gasteiger partial charge in [0.1, 0.15) is 0 Å². The van der Waals surface area contributed by atoms with Crippen molar-refractivity contribution in [2.75, 3.05) is 0 Å². The van der Waals surface area contributed by atoms with Crippen LogP contribution in [0.2, 0.25) is 0 Å². The van der Waals surface area contributed by atoms with Gasteiger partial charge in [-0.3, -0.25) is 0 Å². The number of hydrogen-bond donors (Lipinski definition) is 0. The first-order chi connectivity index (χ1) is 10.3. The molecular formula is C18H19NaO3. The van der Waals surface area contributed by atoms with Crippen molar-refractivity contribution in [3.05, 3.63) is 36.3 Å². The van der Waals surface area contributed by atoms with E-state index in [2.05, 4.69) is 23.7 Å². The van der Waals surface area contributed by atoms with Crippen LogP contribution in [0.15, 0.2) is 35.0 Å². The molecule has 0 aliphatic heterocycles. The summed E-state index contributed by atoms with van der Waals surface area (Å²) in [5.74, 6) is 10.8. The molecule has 1 rings (SSSR count). The number of carbonyl (C=O) groups excluding carboxylic acids is 1. The summed E-state index contributed by atoms with van der Waals surface area (Å²) in [4.78, 5) is 10.2. The smallest absolute Gasteiger partial charge is 0.550 e. The van der Waals surface area contributed by atoms with Gasteiger partial charge in [0.05, 0.1) is 6.26 Å². The normalized spacial score (nSPS) is 9.27. The molecule has 0 atom stereocenters. The van der Waals surface area contributed by atoms with Crippen molar-refractivity contribution in [2.24, 2.45) is 0 Å². The largest absolute Gasteiger partial charge is 1.00 e. The molecule has 0 radical (unpaired) electrons. The second kappa shape index (κ2) is 14.5. The number of hydrogen-bond acceptors (Lipinski definition) is 3. The van der Waals surface area contributed by atoms with Crippen LogP contribution in [0.3, 0.4) is 0 Å². The van der Waals surface area contributed by atoms with Crippen molar-refractivity contribution in [3.8, 4) is 23.7 Å². The van der Waals surface area contributed by atoms with E-state index < -0.39 is 5.97 Å².